The van der Waals surface area contributed by atoms with Gasteiger partial charge in [0.1, 0.15) is 6.42 Å². The molecule has 5 heteroatoms. The van der Waals surface area contributed by atoms with E-state index in [0.717, 1.165) is 5.69 Å². The Kier molecular flexibility index (Phi) is 4.91. The van der Waals surface area contributed by atoms with Crippen molar-refractivity contribution in [2.45, 2.75) is 25.8 Å². The molecule has 5 nitrogen and oxygen atoms in total. The van der Waals surface area contributed by atoms with E-state index in [2.05, 4.69) is 16.7 Å². The Bertz CT molecular complexity index is 520. The number of hydrogen-bond donors (Lipinski definition) is 2. The van der Waals surface area contributed by atoms with Crippen molar-refractivity contribution >= 4 is 11.6 Å². The van der Waals surface area contributed by atoms with Crippen LogP contribution in [0.15, 0.2) is 24.3 Å². The summed E-state index contributed by atoms with van der Waals surface area (Å²) in [7, 11) is 0. The van der Waals surface area contributed by atoms with Crippen LogP contribution in [0.25, 0.3) is 0 Å². The first-order valence-corrected chi connectivity index (χ1v) is 5.89. The molecule has 0 saturated heterocycles. The Morgan fingerprint density at radius 1 is 1.26 bits per heavy atom. The molecule has 2 N–H and O–H groups in total. The van der Waals surface area contributed by atoms with Crippen molar-refractivity contribution in [2.24, 2.45) is 0 Å². The highest BCUT2D eigenvalue weighted by atomic mass is 16.1. The summed E-state index contributed by atoms with van der Waals surface area (Å²) < 4.78 is 0. The minimum atomic E-state index is -0.457. The SMILES string of the molecule is CC(C)(CNc1ccc(C#N)cc1)NC(=O)CC#N. The fourth-order valence-corrected chi connectivity index (χ4v) is 1.52. The summed E-state index contributed by atoms with van der Waals surface area (Å²) >= 11 is 0. The van der Waals surface area contributed by atoms with Gasteiger partial charge in [-0.2, -0.15) is 10.5 Å². The summed E-state index contributed by atoms with van der Waals surface area (Å²) in [6, 6.07) is 10.9. The highest BCUT2D eigenvalue weighted by molar-refractivity contribution is 5.78. The number of rotatable bonds is 5. The average Bonchev–Trinajstić information content (AvgIpc) is 2.37. The van der Waals surface area contributed by atoms with Crippen molar-refractivity contribution in [3.05, 3.63) is 29.8 Å². The molecule has 0 unspecified atom stereocenters. The number of carbonyl (C=O) groups excluding carboxylic acids is 1. The molecule has 0 radical (unpaired) electrons. The van der Waals surface area contributed by atoms with Gasteiger partial charge in [0.15, 0.2) is 0 Å². The molecular formula is C14H16N4O. The zero-order chi connectivity index (χ0) is 14.3. The number of nitriles is 2. The molecule has 1 aromatic rings. The van der Waals surface area contributed by atoms with E-state index in [0.29, 0.717) is 12.1 Å². The summed E-state index contributed by atoms with van der Waals surface area (Å²) in [5.41, 5.74) is 1.02. The zero-order valence-electron chi connectivity index (χ0n) is 11.0. The lowest BCUT2D eigenvalue weighted by Gasteiger charge is -2.26. The second-order valence-electron chi connectivity index (χ2n) is 4.81. The molecule has 98 valence electrons. The Hall–Kier alpha value is -2.53. The summed E-state index contributed by atoms with van der Waals surface area (Å²) in [5.74, 6) is -0.283. The van der Waals surface area contributed by atoms with Crippen LogP contribution in [0.2, 0.25) is 0 Å². The van der Waals surface area contributed by atoms with Crippen LogP contribution in [-0.2, 0) is 4.79 Å². The van der Waals surface area contributed by atoms with Crippen molar-refractivity contribution in [3.63, 3.8) is 0 Å². The van der Waals surface area contributed by atoms with Gasteiger partial charge in [0.05, 0.1) is 23.2 Å². The lowest BCUT2D eigenvalue weighted by atomic mass is 10.1. The van der Waals surface area contributed by atoms with Gasteiger partial charge in [-0.25, -0.2) is 0 Å². The standard InChI is InChI=1S/C14H16N4O/c1-14(2,18-13(19)7-8-15)10-17-12-5-3-11(9-16)4-6-12/h3-6,17H,7,10H2,1-2H3,(H,18,19). The van der Waals surface area contributed by atoms with Crippen molar-refractivity contribution in [2.75, 3.05) is 11.9 Å². The molecule has 0 fully saturated rings. The molecule has 0 aliphatic heterocycles. The summed E-state index contributed by atoms with van der Waals surface area (Å²) in [6.45, 7) is 4.27. The second kappa shape index (κ2) is 6.42. The van der Waals surface area contributed by atoms with Gasteiger partial charge in [0.25, 0.3) is 0 Å². The first kappa shape index (κ1) is 14.5. The van der Waals surface area contributed by atoms with Crippen LogP contribution < -0.4 is 10.6 Å². The van der Waals surface area contributed by atoms with Crippen LogP contribution in [0.4, 0.5) is 5.69 Å². The molecule has 1 aromatic carbocycles. The van der Waals surface area contributed by atoms with Crippen LogP contribution in [0.1, 0.15) is 25.8 Å². The number of carbonyl (C=O) groups is 1. The largest absolute Gasteiger partial charge is 0.383 e. The number of benzene rings is 1. The zero-order valence-corrected chi connectivity index (χ0v) is 11.0. The van der Waals surface area contributed by atoms with Gasteiger partial charge in [-0.1, -0.05) is 0 Å². The van der Waals surface area contributed by atoms with Gasteiger partial charge in [-0.15, -0.1) is 0 Å². The number of anilines is 1. The molecule has 19 heavy (non-hydrogen) atoms. The Labute approximate surface area is 112 Å². The predicted octanol–water partition coefficient (Wildman–Crippen LogP) is 1.78. The molecule has 1 amide bonds. The minimum absolute atomic E-state index is 0.139. The number of hydrogen-bond acceptors (Lipinski definition) is 4. The average molecular weight is 256 g/mol. The molecule has 0 atom stereocenters. The Morgan fingerprint density at radius 2 is 1.89 bits per heavy atom. The van der Waals surface area contributed by atoms with E-state index in [1.807, 2.05) is 32.0 Å². The van der Waals surface area contributed by atoms with E-state index >= 15 is 0 Å². The predicted molar refractivity (Wildman–Crippen MR) is 72.1 cm³/mol. The fourth-order valence-electron chi connectivity index (χ4n) is 1.52. The summed E-state index contributed by atoms with van der Waals surface area (Å²) in [6.07, 6.45) is -0.139. The molecule has 0 aliphatic rings. The van der Waals surface area contributed by atoms with E-state index in [1.54, 1.807) is 12.1 Å². The maximum absolute atomic E-state index is 11.4. The molecule has 1 rings (SSSR count). The van der Waals surface area contributed by atoms with Crippen LogP contribution in [-0.4, -0.2) is 18.0 Å². The van der Waals surface area contributed by atoms with E-state index in [4.69, 9.17) is 10.5 Å². The minimum Gasteiger partial charge on any atom is -0.383 e. The third kappa shape index (κ3) is 5.10. The van der Waals surface area contributed by atoms with E-state index in [-0.39, 0.29) is 12.3 Å². The molecule has 0 saturated carbocycles. The first-order chi connectivity index (χ1) is 8.96. The summed E-state index contributed by atoms with van der Waals surface area (Å²) in [5, 5.41) is 23.1. The lowest BCUT2D eigenvalue weighted by Crippen LogP contribution is -2.48. The molecule has 0 aliphatic carbocycles. The Balaban J connectivity index is 2.52. The smallest absolute Gasteiger partial charge is 0.234 e. The highest BCUT2D eigenvalue weighted by Crippen LogP contribution is 2.11. The molecule has 0 aromatic heterocycles. The van der Waals surface area contributed by atoms with Gasteiger partial charge in [0.2, 0.25) is 5.91 Å². The highest BCUT2D eigenvalue weighted by Gasteiger charge is 2.19. The van der Waals surface area contributed by atoms with Crippen molar-refractivity contribution in [1.82, 2.24) is 5.32 Å². The normalized spacial score (nSPS) is 10.1. The van der Waals surface area contributed by atoms with E-state index in [1.165, 1.54) is 0 Å². The number of nitrogens with zero attached hydrogens (tertiary/aromatic N) is 2. The van der Waals surface area contributed by atoms with Gasteiger partial charge < -0.3 is 10.6 Å². The molecule has 0 spiro atoms. The van der Waals surface area contributed by atoms with Crippen LogP contribution in [0.5, 0.6) is 0 Å². The van der Waals surface area contributed by atoms with Gasteiger partial charge in [-0.05, 0) is 38.1 Å². The van der Waals surface area contributed by atoms with Crippen molar-refractivity contribution in [3.8, 4) is 12.1 Å². The van der Waals surface area contributed by atoms with E-state index < -0.39 is 5.54 Å². The monoisotopic (exact) mass is 256 g/mol. The first-order valence-electron chi connectivity index (χ1n) is 5.89. The summed E-state index contributed by atoms with van der Waals surface area (Å²) in [4.78, 5) is 11.4. The second-order valence-corrected chi connectivity index (χ2v) is 4.81. The lowest BCUT2D eigenvalue weighted by molar-refractivity contribution is -0.121. The van der Waals surface area contributed by atoms with Crippen LogP contribution in [0, 0.1) is 22.7 Å². The van der Waals surface area contributed by atoms with Crippen LogP contribution in [0.3, 0.4) is 0 Å². The topological polar surface area (TPSA) is 88.7 Å². The molecule has 0 heterocycles. The Morgan fingerprint density at radius 3 is 2.42 bits per heavy atom. The quantitative estimate of drug-likeness (QED) is 0.840. The fraction of sp³-hybridized carbons (Fsp3) is 0.357. The van der Waals surface area contributed by atoms with Crippen LogP contribution >= 0.6 is 0 Å². The van der Waals surface area contributed by atoms with Gasteiger partial charge in [-0.3, -0.25) is 4.79 Å². The molecular weight excluding hydrogens is 240 g/mol. The number of nitrogens with one attached hydrogen (secondary N) is 2. The van der Waals surface area contributed by atoms with Crippen molar-refractivity contribution < 1.29 is 4.79 Å². The van der Waals surface area contributed by atoms with Gasteiger partial charge in [0, 0.05) is 12.2 Å². The van der Waals surface area contributed by atoms with E-state index in [9.17, 15) is 4.79 Å². The van der Waals surface area contributed by atoms with Gasteiger partial charge >= 0.3 is 0 Å². The maximum atomic E-state index is 11.4. The number of amides is 1. The van der Waals surface area contributed by atoms with Crippen molar-refractivity contribution in [1.29, 1.82) is 10.5 Å². The molecule has 0 bridgehead atoms. The maximum Gasteiger partial charge on any atom is 0.234 e. The third-order valence-corrected chi connectivity index (χ3v) is 2.47. The third-order valence-electron chi connectivity index (χ3n) is 2.47.